The zero-order chi connectivity index (χ0) is 11.5. The maximum atomic E-state index is 10.5. The zero-order valence-electron chi connectivity index (χ0n) is 9.05. The van der Waals surface area contributed by atoms with Crippen LogP contribution in [0.15, 0.2) is 12.8 Å². The Bertz CT molecular complexity index is 450. The van der Waals surface area contributed by atoms with Crippen LogP contribution in [0.1, 0.15) is 17.9 Å². The minimum atomic E-state index is -3.86. The molecule has 1 aromatic heterocycles. The molecular formula is C9H16N2O4S. The van der Waals surface area contributed by atoms with Crippen molar-refractivity contribution in [3.8, 4) is 0 Å². The normalized spacial score (nSPS) is 10.9. The number of hydrogen-bond donors (Lipinski definition) is 1. The van der Waals surface area contributed by atoms with Crippen molar-refractivity contribution in [1.29, 1.82) is 0 Å². The van der Waals surface area contributed by atoms with Crippen LogP contribution in [0.25, 0.3) is 6.08 Å². The second-order valence-electron chi connectivity index (χ2n) is 3.30. The Morgan fingerprint density at radius 1 is 1.62 bits per heavy atom. The van der Waals surface area contributed by atoms with E-state index in [0.29, 0.717) is 12.8 Å². The number of imidazole rings is 1. The fraction of sp³-hybridized carbons (Fsp3) is 0.444. The summed E-state index contributed by atoms with van der Waals surface area (Å²) in [4.78, 5) is 4.22. The van der Waals surface area contributed by atoms with Crippen molar-refractivity contribution in [2.75, 3.05) is 5.75 Å². The molecule has 0 radical (unpaired) electrons. The highest BCUT2D eigenvalue weighted by atomic mass is 32.2. The van der Waals surface area contributed by atoms with E-state index in [1.54, 1.807) is 6.08 Å². The third-order valence-corrected chi connectivity index (χ3v) is 2.78. The van der Waals surface area contributed by atoms with E-state index in [0.717, 1.165) is 11.5 Å². The van der Waals surface area contributed by atoms with E-state index in [1.165, 1.54) is 0 Å². The van der Waals surface area contributed by atoms with E-state index < -0.39 is 10.1 Å². The summed E-state index contributed by atoms with van der Waals surface area (Å²) in [5, 5.41) is 0. The highest BCUT2D eigenvalue weighted by molar-refractivity contribution is 7.85. The Balaban J connectivity index is 0.00000225. The molecular weight excluding hydrogens is 232 g/mol. The van der Waals surface area contributed by atoms with Gasteiger partial charge >= 0.3 is 0 Å². The van der Waals surface area contributed by atoms with E-state index in [-0.39, 0.29) is 11.2 Å². The maximum Gasteiger partial charge on any atom is 0.264 e. The minimum absolute atomic E-state index is 0. The van der Waals surface area contributed by atoms with Crippen molar-refractivity contribution in [3.63, 3.8) is 0 Å². The molecule has 0 spiro atoms. The van der Waals surface area contributed by atoms with Crippen molar-refractivity contribution in [2.45, 2.75) is 12.8 Å². The van der Waals surface area contributed by atoms with Gasteiger partial charge in [-0.15, -0.1) is 0 Å². The molecule has 1 heterocycles. The van der Waals surface area contributed by atoms with Gasteiger partial charge in [-0.3, -0.25) is 4.55 Å². The first kappa shape index (κ1) is 14.8. The zero-order valence-corrected chi connectivity index (χ0v) is 9.87. The van der Waals surface area contributed by atoms with Gasteiger partial charge < -0.3 is 10.0 Å². The number of rotatable bonds is 5. The minimum Gasteiger partial charge on any atom is -0.412 e. The summed E-state index contributed by atoms with van der Waals surface area (Å²) in [6.07, 6.45) is 4.35. The smallest absolute Gasteiger partial charge is 0.264 e. The molecule has 7 heteroatoms. The topological polar surface area (TPSA) is 104 Å². The molecule has 0 fully saturated rings. The van der Waals surface area contributed by atoms with Crippen molar-refractivity contribution in [2.24, 2.45) is 7.05 Å². The van der Waals surface area contributed by atoms with E-state index in [2.05, 4.69) is 11.6 Å². The van der Waals surface area contributed by atoms with Gasteiger partial charge in [0.1, 0.15) is 5.82 Å². The summed E-state index contributed by atoms with van der Waals surface area (Å²) in [5.74, 6) is 0.518. The van der Waals surface area contributed by atoms with Crippen molar-refractivity contribution >= 4 is 16.2 Å². The van der Waals surface area contributed by atoms with E-state index in [9.17, 15) is 8.42 Å². The fourth-order valence-electron chi connectivity index (χ4n) is 1.29. The van der Waals surface area contributed by atoms with Gasteiger partial charge in [0.25, 0.3) is 10.1 Å². The summed E-state index contributed by atoms with van der Waals surface area (Å²) < 4.78 is 31.3. The monoisotopic (exact) mass is 248 g/mol. The van der Waals surface area contributed by atoms with Gasteiger partial charge in [-0.25, -0.2) is 4.98 Å². The van der Waals surface area contributed by atoms with Gasteiger partial charge in [-0.05, 0) is 18.9 Å². The number of aromatic nitrogens is 2. The molecule has 0 aliphatic heterocycles. The van der Waals surface area contributed by atoms with E-state index >= 15 is 0 Å². The average Bonchev–Trinajstić information content (AvgIpc) is 2.44. The summed E-state index contributed by atoms with van der Waals surface area (Å²) in [6, 6.07) is 0. The highest BCUT2D eigenvalue weighted by Gasteiger charge is 2.06. The molecule has 0 aromatic carbocycles. The Morgan fingerprint density at radius 2 is 2.25 bits per heavy atom. The predicted octanol–water partition coefficient (Wildman–Crippen LogP) is 0.0588. The Kier molecular flexibility index (Phi) is 5.36. The lowest BCUT2D eigenvalue weighted by atomic mass is 10.3. The molecule has 0 aliphatic rings. The van der Waals surface area contributed by atoms with Crippen LogP contribution < -0.4 is 0 Å². The Hall–Kier alpha value is -1.18. The quantitative estimate of drug-likeness (QED) is 0.744. The summed E-state index contributed by atoms with van der Waals surface area (Å²) in [6.45, 7) is 3.61. The van der Waals surface area contributed by atoms with Gasteiger partial charge in [-0.2, -0.15) is 8.42 Å². The largest absolute Gasteiger partial charge is 0.412 e. The summed E-state index contributed by atoms with van der Waals surface area (Å²) >= 11 is 0. The highest BCUT2D eigenvalue weighted by Crippen LogP contribution is 2.05. The molecule has 0 bridgehead atoms. The van der Waals surface area contributed by atoms with Gasteiger partial charge in [0.15, 0.2) is 0 Å². The van der Waals surface area contributed by atoms with E-state index in [4.69, 9.17) is 4.55 Å². The van der Waals surface area contributed by atoms with Crippen LogP contribution in [0, 0.1) is 0 Å². The molecule has 1 rings (SSSR count). The molecule has 0 saturated carbocycles. The van der Waals surface area contributed by atoms with Crippen LogP contribution in [0.3, 0.4) is 0 Å². The van der Waals surface area contributed by atoms with Crippen LogP contribution in [-0.2, 0) is 23.6 Å². The maximum absolute atomic E-state index is 10.5. The van der Waals surface area contributed by atoms with Gasteiger partial charge in [0, 0.05) is 13.2 Å². The lowest BCUT2D eigenvalue weighted by Gasteiger charge is -1.94. The van der Waals surface area contributed by atoms with Gasteiger partial charge in [0.2, 0.25) is 0 Å². The lowest BCUT2D eigenvalue weighted by molar-refractivity contribution is 0.481. The number of aryl methyl sites for hydroxylation is 2. The Labute approximate surface area is 94.7 Å². The standard InChI is InChI=1S/C9H14N2O3S.H2O/c1-3-9-10-8(7-11(9)2)5-4-6-15(12,13)14;/h3,7H,1,4-6H2,2H3,(H,12,13,14);1H2. The van der Waals surface area contributed by atoms with Crippen LogP contribution in [0.5, 0.6) is 0 Å². The predicted molar refractivity (Wildman–Crippen MR) is 61.6 cm³/mol. The number of nitrogens with zero attached hydrogens (tertiary/aromatic N) is 2. The van der Waals surface area contributed by atoms with E-state index in [1.807, 2.05) is 17.8 Å². The molecule has 3 N–H and O–H groups in total. The van der Waals surface area contributed by atoms with Crippen molar-refractivity contribution < 1.29 is 18.4 Å². The summed E-state index contributed by atoms with van der Waals surface area (Å²) in [5.41, 5.74) is 0.802. The molecule has 1 aromatic rings. The molecule has 0 saturated heterocycles. The molecule has 0 aliphatic carbocycles. The summed E-state index contributed by atoms with van der Waals surface area (Å²) in [7, 11) is -2.01. The van der Waals surface area contributed by atoms with Crippen LogP contribution >= 0.6 is 0 Å². The lowest BCUT2D eigenvalue weighted by Crippen LogP contribution is -2.04. The van der Waals surface area contributed by atoms with Crippen molar-refractivity contribution in [1.82, 2.24) is 9.55 Å². The second-order valence-corrected chi connectivity index (χ2v) is 4.87. The van der Waals surface area contributed by atoms with Crippen molar-refractivity contribution in [3.05, 3.63) is 24.3 Å². The Morgan fingerprint density at radius 3 is 2.69 bits per heavy atom. The first-order chi connectivity index (χ1) is 6.92. The second kappa shape index (κ2) is 5.78. The molecule has 0 amide bonds. The van der Waals surface area contributed by atoms with Crippen LogP contribution in [-0.4, -0.2) is 33.8 Å². The van der Waals surface area contributed by atoms with Crippen LogP contribution in [0.2, 0.25) is 0 Å². The average molecular weight is 248 g/mol. The first-order valence-electron chi connectivity index (χ1n) is 4.52. The third-order valence-electron chi connectivity index (χ3n) is 1.98. The molecule has 16 heavy (non-hydrogen) atoms. The molecule has 0 atom stereocenters. The third kappa shape index (κ3) is 4.56. The van der Waals surface area contributed by atoms with Crippen LogP contribution in [0.4, 0.5) is 0 Å². The fourth-order valence-corrected chi connectivity index (χ4v) is 1.80. The molecule has 92 valence electrons. The SMILES string of the molecule is C=Cc1nc(CCCS(=O)(=O)O)cn1C.O. The first-order valence-corrected chi connectivity index (χ1v) is 6.13. The van der Waals surface area contributed by atoms with Gasteiger partial charge in [-0.1, -0.05) is 6.58 Å². The van der Waals surface area contributed by atoms with Gasteiger partial charge in [0.05, 0.1) is 11.4 Å². The molecule has 6 nitrogen and oxygen atoms in total. The molecule has 0 unspecified atom stereocenters. The number of hydrogen-bond acceptors (Lipinski definition) is 3.